The second-order valence-corrected chi connectivity index (χ2v) is 4.12. The molecule has 0 saturated heterocycles. The first-order valence-corrected chi connectivity index (χ1v) is 5.60. The van der Waals surface area contributed by atoms with Gasteiger partial charge in [0.15, 0.2) is 0 Å². The highest BCUT2D eigenvalue weighted by Gasteiger charge is 2.08. The Balaban J connectivity index is 1.92. The van der Waals surface area contributed by atoms with Gasteiger partial charge in [-0.3, -0.25) is 9.89 Å². The van der Waals surface area contributed by atoms with Crippen LogP contribution in [0.1, 0.15) is 10.4 Å². The van der Waals surface area contributed by atoms with E-state index in [0.717, 1.165) is 10.9 Å². The number of H-pyrrole nitrogens is 1. The zero-order valence-electron chi connectivity index (χ0n) is 9.84. The molecular formula is C13H12N4O. The summed E-state index contributed by atoms with van der Waals surface area (Å²) in [5.74, 6) is 0.443. The molecule has 3 rings (SSSR count). The molecule has 1 amide bonds. The standard InChI is InChI=1S/C13H12N4O/c1-17-7-5-9-8-10(2-3-11(9)17)13(18)15-12-4-6-14-16-12/h2-8H,1H3,(H2,14,15,16,18). The van der Waals surface area contributed by atoms with E-state index in [-0.39, 0.29) is 5.91 Å². The van der Waals surface area contributed by atoms with Crippen molar-refractivity contribution < 1.29 is 4.79 Å². The maximum absolute atomic E-state index is 12.0. The van der Waals surface area contributed by atoms with Crippen molar-refractivity contribution in [3.8, 4) is 0 Å². The summed E-state index contributed by atoms with van der Waals surface area (Å²) in [6.45, 7) is 0. The zero-order chi connectivity index (χ0) is 12.5. The number of nitrogens with zero attached hydrogens (tertiary/aromatic N) is 2. The molecule has 0 aliphatic heterocycles. The lowest BCUT2D eigenvalue weighted by Crippen LogP contribution is -2.12. The number of benzene rings is 1. The van der Waals surface area contributed by atoms with Gasteiger partial charge in [0.25, 0.3) is 5.91 Å². The van der Waals surface area contributed by atoms with Crippen LogP contribution in [0.2, 0.25) is 0 Å². The number of rotatable bonds is 2. The second kappa shape index (κ2) is 4.03. The van der Waals surface area contributed by atoms with Crippen molar-refractivity contribution in [2.45, 2.75) is 0 Å². The van der Waals surface area contributed by atoms with Crippen molar-refractivity contribution in [1.82, 2.24) is 14.8 Å². The van der Waals surface area contributed by atoms with Crippen LogP contribution in [0.3, 0.4) is 0 Å². The van der Waals surface area contributed by atoms with E-state index in [1.54, 1.807) is 12.3 Å². The van der Waals surface area contributed by atoms with E-state index in [2.05, 4.69) is 15.5 Å². The molecule has 3 aromatic rings. The summed E-state index contributed by atoms with van der Waals surface area (Å²) in [6.07, 6.45) is 3.57. The summed E-state index contributed by atoms with van der Waals surface area (Å²) in [5.41, 5.74) is 1.73. The molecule has 1 aromatic carbocycles. The van der Waals surface area contributed by atoms with Gasteiger partial charge in [-0.1, -0.05) is 0 Å². The molecule has 90 valence electrons. The largest absolute Gasteiger partial charge is 0.351 e. The number of hydrogen-bond donors (Lipinski definition) is 2. The topological polar surface area (TPSA) is 62.7 Å². The van der Waals surface area contributed by atoms with Gasteiger partial charge in [-0.05, 0) is 24.3 Å². The van der Waals surface area contributed by atoms with Gasteiger partial charge >= 0.3 is 0 Å². The molecule has 2 aromatic heterocycles. The number of aromatic nitrogens is 3. The van der Waals surface area contributed by atoms with E-state index >= 15 is 0 Å². The van der Waals surface area contributed by atoms with E-state index in [1.807, 2.05) is 42.1 Å². The Hall–Kier alpha value is -2.56. The van der Waals surface area contributed by atoms with Gasteiger partial charge in [0.2, 0.25) is 0 Å². The zero-order valence-corrected chi connectivity index (χ0v) is 9.84. The van der Waals surface area contributed by atoms with E-state index in [4.69, 9.17) is 0 Å². The minimum atomic E-state index is -0.148. The number of nitrogens with one attached hydrogen (secondary N) is 2. The maximum atomic E-state index is 12.0. The van der Waals surface area contributed by atoms with Gasteiger partial charge in [0, 0.05) is 35.8 Å². The average molecular weight is 240 g/mol. The molecular weight excluding hydrogens is 228 g/mol. The van der Waals surface area contributed by atoms with Crippen LogP contribution in [0.15, 0.2) is 42.7 Å². The number of anilines is 1. The fraction of sp³-hybridized carbons (Fsp3) is 0.0769. The lowest BCUT2D eigenvalue weighted by atomic mass is 10.1. The average Bonchev–Trinajstić information content (AvgIpc) is 2.99. The molecule has 0 fully saturated rings. The number of carbonyl (C=O) groups is 1. The van der Waals surface area contributed by atoms with Crippen LogP contribution in [0.25, 0.3) is 10.9 Å². The van der Waals surface area contributed by atoms with Gasteiger partial charge in [0.1, 0.15) is 5.82 Å². The Bertz CT molecular complexity index is 697. The molecule has 0 spiro atoms. The number of aryl methyl sites for hydroxylation is 1. The molecule has 0 bridgehead atoms. The van der Waals surface area contributed by atoms with Gasteiger partial charge in [-0.15, -0.1) is 0 Å². The quantitative estimate of drug-likeness (QED) is 0.721. The van der Waals surface area contributed by atoms with Crippen molar-refractivity contribution in [2.75, 3.05) is 5.32 Å². The minimum Gasteiger partial charge on any atom is -0.351 e. The first kappa shape index (κ1) is 10.6. The third-order valence-corrected chi connectivity index (χ3v) is 2.90. The molecule has 5 heteroatoms. The van der Waals surface area contributed by atoms with Crippen molar-refractivity contribution in [3.05, 3.63) is 48.3 Å². The number of carbonyl (C=O) groups excluding carboxylic acids is 1. The van der Waals surface area contributed by atoms with Gasteiger partial charge in [-0.2, -0.15) is 5.10 Å². The van der Waals surface area contributed by atoms with Crippen molar-refractivity contribution in [1.29, 1.82) is 0 Å². The highest BCUT2D eigenvalue weighted by molar-refractivity contribution is 6.05. The summed E-state index contributed by atoms with van der Waals surface area (Å²) in [5, 5.41) is 10.3. The molecule has 2 heterocycles. The van der Waals surface area contributed by atoms with E-state index < -0.39 is 0 Å². The van der Waals surface area contributed by atoms with Gasteiger partial charge in [-0.25, -0.2) is 0 Å². The SMILES string of the molecule is Cn1ccc2cc(C(=O)Nc3ccn[nH]3)ccc21. The van der Waals surface area contributed by atoms with E-state index in [0.29, 0.717) is 11.4 Å². The summed E-state index contributed by atoms with van der Waals surface area (Å²) in [7, 11) is 1.98. The summed E-state index contributed by atoms with van der Waals surface area (Å²) >= 11 is 0. The van der Waals surface area contributed by atoms with Gasteiger partial charge in [0.05, 0.1) is 6.20 Å². The van der Waals surface area contributed by atoms with Crippen LogP contribution < -0.4 is 5.32 Å². The molecule has 2 N–H and O–H groups in total. The van der Waals surface area contributed by atoms with E-state index in [9.17, 15) is 4.79 Å². The van der Waals surface area contributed by atoms with Gasteiger partial charge < -0.3 is 9.88 Å². The van der Waals surface area contributed by atoms with Crippen LogP contribution in [-0.4, -0.2) is 20.7 Å². The highest BCUT2D eigenvalue weighted by atomic mass is 16.1. The molecule has 0 unspecified atom stereocenters. The third kappa shape index (κ3) is 1.75. The molecule has 0 saturated carbocycles. The monoisotopic (exact) mass is 240 g/mol. The van der Waals surface area contributed by atoms with E-state index in [1.165, 1.54) is 0 Å². The van der Waals surface area contributed by atoms with Crippen LogP contribution in [0, 0.1) is 0 Å². The molecule has 0 aliphatic carbocycles. The lowest BCUT2D eigenvalue weighted by Gasteiger charge is -2.03. The summed E-state index contributed by atoms with van der Waals surface area (Å²) < 4.78 is 2.02. The van der Waals surface area contributed by atoms with Crippen LogP contribution in [0.5, 0.6) is 0 Å². The Morgan fingerprint density at radius 2 is 2.22 bits per heavy atom. The number of hydrogen-bond acceptors (Lipinski definition) is 2. The van der Waals surface area contributed by atoms with Crippen LogP contribution in [-0.2, 0) is 7.05 Å². The predicted molar refractivity (Wildman–Crippen MR) is 69.5 cm³/mol. The maximum Gasteiger partial charge on any atom is 0.256 e. The first-order chi connectivity index (χ1) is 8.74. The van der Waals surface area contributed by atoms with Crippen molar-refractivity contribution in [2.24, 2.45) is 7.05 Å². The summed E-state index contributed by atoms with van der Waals surface area (Å²) in [4.78, 5) is 12.0. The van der Waals surface area contributed by atoms with Crippen molar-refractivity contribution >= 4 is 22.6 Å². The molecule has 0 atom stereocenters. The Kier molecular flexibility index (Phi) is 2.37. The normalized spacial score (nSPS) is 10.7. The fourth-order valence-electron chi connectivity index (χ4n) is 1.94. The second-order valence-electron chi connectivity index (χ2n) is 4.12. The third-order valence-electron chi connectivity index (χ3n) is 2.90. The number of amides is 1. The molecule has 18 heavy (non-hydrogen) atoms. The van der Waals surface area contributed by atoms with Crippen LogP contribution >= 0.6 is 0 Å². The van der Waals surface area contributed by atoms with Crippen LogP contribution in [0.4, 0.5) is 5.82 Å². The molecule has 0 radical (unpaired) electrons. The highest BCUT2D eigenvalue weighted by Crippen LogP contribution is 2.17. The molecule has 5 nitrogen and oxygen atoms in total. The summed E-state index contributed by atoms with van der Waals surface area (Å²) in [6, 6.07) is 9.33. The number of fused-ring (bicyclic) bond motifs is 1. The Morgan fingerprint density at radius 3 is 3.00 bits per heavy atom. The molecule has 0 aliphatic rings. The smallest absolute Gasteiger partial charge is 0.256 e. The Labute approximate surface area is 103 Å². The lowest BCUT2D eigenvalue weighted by molar-refractivity contribution is 0.102. The minimum absolute atomic E-state index is 0.148. The van der Waals surface area contributed by atoms with Crippen molar-refractivity contribution in [3.63, 3.8) is 0 Å². The first-order valence-electron chi connectivity index (χ1n) is 5.60. The fourth-order valence-corrected chi connectivity index (χ4v) is 1.94. The Morgan fingerprint density at radius 1 is 1.33 bits per heavy atom. The predicted octanol–water partition coefficient (Wildman–Crippen LogP) is 2.15. The number of aromatic amines is 1.